The molecule has 214 valence electrons. The van der Waals surface area contributed by atoms with Gasteiger partial charge in [-0.2, -0.15) is 31.4 Å². The maximum atomic E-state index is 13.3. The molecule has 1 saturated heterocycles. The van der Waals surface area contributed by atoms with Gasteiger partial charge < -0.3 is 9.88 Å². The largest absolute Gasteiger partial charge is 0.423 e. The maximum Gasteiger partial charge on any atom is 0.423 e. The molecule has 4 heterocycles. The molecule has 0 aromatic carbocycles. The Morgan fingerprint density at radius 3 is 2.35 bits per heavy atom. The van der Waals surface area contributed by atoms with Crippen LogP contribution in [0.25, 0.3) is 0 Å². The number of carbonyl (C=O) groups is 1. The average Bonchev–Trinajstić information content (AvgIpc) is 2.85. The molecule has 0 spiro atoms. The number of pyridine rings is 1. The SMILES string of the molecule is C[C@@H](Cn1cccc(CN2CCN(c3ncc(C(F)(F)F)cn3)C(=O)C2)c1=O)Nc1cn[nH]c(=O)c1C(F)(F)F. The van der Waals surface area contributed by atoms with Crippen LogP contribution in [0.4, 0.5) is 38.0 Å². The second kappa shape index (κ2) is 11.1. The van der Waals surface area contributed by atoms with E-state index in [1.165, 1.54) is 17.7 Å². The van der Waals surface area contributed by atoms with Gasteiger partial charge in [-0.25, -0.2) is 15.1 Å². The van der Waals surface area contributed by atoms with E-state index in [1.54, 1.807) is 22.1 Å². The van der Waals surface area contributed by atoms with Crippen molar-refractivity contribution in [3.05, 3.63) is 74.3 Å². The van der Waals surface area contributed by atoms with Crippen molar-refractivity contribution in [3.63, 3.8) is 0 Å². The lowest BCUT2D eigenvalue weighted by Gasteiger charge is -2.33. The summed E-state index contributed by atoms with van der Waals surface area (Å²) in [5, 5.41) is 7.72. The van der Waals surface area contributed by atoms with E-state index in [-0.39, 0.29) is 38.7 Å². The predicted octanol–water partition coefficient (Wildman–Crippen LogP) is 2.11. The molecule has 17 heteroatoms. The van der Waals surface area contributed by atoms with Gasteiger partial charge in [0.15, 0.2) is 0 Å². The molecule has 0 bridgehead atoms. The minimum atomic E-state index is -4.92. The molecule has 3 aromatic heterocycles. The highest BCUT2D eigenvalue weighted by Gasteiger charge is 2.37. The maximum absolute atomic E-state index is 13.3. The van der Waals surface area contributed by atoms with Crippen LogP contribution in [0.1, 0.15) is 23.6 Å². The molecule has 0 aliphatic carbocycles. The molecule has 0 unspecified atom stereocenters. The number of hydrogen-bond donors (Lipinski definition) is 2. The van der Waals surface area contributed by atoms with Crippen LogP contribution in [0.5, 0.6) is 0 Å². The summed E-state index contributed by atoms with van der Waals surface area (Å²) in [5.74, 6) is -0.627. The summed E-state index contributed by atoms with van der Waals surface area (Å²) < 4.78 is 79.5. The van der Waals surface area contributed by atoms with Gasteiger partial charge in [0.25, 0.3) is 11.1 Å². The summed E-state index contributed by atoms with van der Waals surface area (Å²) in [6.07, 6.45) is -6.04. The fourth-order valence-electron chi connectivity index (χ4n) is 4.16. The monoisotopic (exact) mass is 572 g/mol. The Morgan fingerprint density at radius 2 is 1.73 bits per heavy atom. The first kappa shape index (κ1) is 28.7. The predicted molar refractivity (Wildman–Crippen MR) is 128 cm³/mol. The van der Waals surface area contributed by atoms with E-state index in [0.29, 0.717) is 18.0 Å². The molecule has 2 N–H and O–H groups in total. The third-order valence-electron chi connectivity index (χ3n) is 6.01. The van der Waals surface area contributed by atoms with Gasteiger partial charge in [-0.15, -0.1) is 0 Å². The fraction of sp³-hybridized carbons (Fsp3) is 0.391. The number of hydrogen-bond acceptors (Lipinski definition) is 8. The second-order valence-electron chi connectivity index (χ2n) is 9.05. The highest BCUT2D eigenvalue weighted by Crippen LogP contribution is 2.32. The van der Waals surface area contributed by atoms with Crippen LogP contribution in [-0.4, -0.2) is 61.2 Å². The van der Waals surface area contributed by atoms with E-state index in [0.717, 1.165) is 11.1 Å². The number of aromatic amines is 1. The van der Waals surface area contributed by atoms with E-state index in [1.807, 2.05) is 0 Å². The number of piperazine rings is 1. The average molecular weight is 572 g/mol. The molecular weight excluding hydrogens is 550 g/mol. The number of amides is 1. The third-order valence-corrected chi connectivity index (χ3v) is 6.01. The molecule has 0 radical (unpaired) electrons. The molecular formula is C23H22F6N8O3. The summed E-state index contributed by atoms with van der Waals surface area (Å²) in [5.41, 5.74) is -4.51. The van der Waals surface area contributed by atoms with Crippen molar-refractivity contribution in [3.8, 4) is 0 Å². The van der Waals surface area contributed by atoms with E-state index < -0.39 is 52.2 Å². The van der Waals surface area contributed by atoms with Crippen LogP contribution in [-0.2, 0) is 30.2 Å². The first-order valence-electron chi connectivity index (χ1n) is 11.8. The Labute approximate surface area is 221 Å². The van der Waals surface area contributed by atoms with E-state index in [2.05, 4.69) is 20.4 Å². The fourth-order valence-corrected chi connectivity index (χ4v) is 4.16. The number of H-pyrrole nitrogens is 1. The number of carbonyl (C=O) groups excluding carboxylic acids is 1. The van der Waals surface area contributed by atoms with Crippen molar-refractivity contribution in [2.45, 2.75) is 38.4 Å². The number of rotatable bonds is 7. The van der Waals surface area contributed by atoms with Crippen molar-refractivity contribution in [1.82, 2.24) is 29.6 Å². The van der Waals surface area contributed by atoms with E-state index >= 15 is 0 Å². The van der Waals surface area contributed by atoms with Gasteiger partial charge in [-0.1, -0.05) is 6.07 Å². The van der Waals surface area contributed by atoms with Crippen LogP contribution in [0, 0.1) is 0 Å². The number of nitrogens with one attached hydrogen (secondary N) is 2. The van der Waals surface area contributed by atoms with Crippen molar-refractivity contribution >= 4 is 17.5 Å². The number of alkyl halides is 6. The molecule has 0 saturated carbocycles. The zero-order chi connectivity index (χ0) is 29.2. The zero-order valence-corrected chi connectivity index (χ0v) is 20.8. The minimum Gasteiger partial charge on any atom is -0.379 e. The molecule has 1 amide bonds. The van der Waals surface area contributed by atoms with Crippen molar-refractivity contribution in [1.29, 1.82) is 0 Å². The Bertz CT molecular complexity index is 1490. The molecule has 1 fully saturated rings. The van der Waals surface area contributed by atoms with Gasteiger partial charge in [0, 0.05) is 56.4 Å². The lowest BCUT2D eigenvalue weighted by molar-refractivity contribution is -0.139. The van der Waals surface area contributed by atoms with Crippen LogP contribution < -0.4 is 21.3 Å². The number of aromatic nitrogens is 5. The lowest BCUT2D eigenvalue weighted by Crippen LogP contribution is -2.51. The number of anilines is 2. The molecule has 1 atom stereocenters. The highest BCUT2D eigenvalue weighted by molar-refractivity contribution is 5.93. The molecule has 4 rings (SSSR count). The molecule has 3 aromatic rings. The Kier molecular flexibility index (Phi) is 7.95. The number of nitrogens with zero attached hydrogens (tertiary/aromatic N) is 6. The van der Waals surface area contributed by atoms with Crippen molar-refractivity contribution in [2.75, 3.05) is 29.9 Å². The van der Waals surface area contributed by atoms with E-state index in [9.17, 15) is 40.7 Å². The molecule has 40 heavy (non-hydrogen) atoms. The van der Waals surface area contributed by atoms with Gasteiger partial charge in [-0.3, -0.25) is 24.2 Å². The summed E-state index contributed by atoms with van der Waals surface area (Å²) in [7, 11) is 0. The summed E-state index contributed by atoms with van der Waals surface area (Å²) in [6, 6.07) is 2.41. The van der Waals surface area contributed by atoms with E-state index in [4.69, 9.17) is 0 Å². The first-order chi connectivity index (χ1) is 18.7. The Hall–Kier alpha value is -4.28. The molecule has 1 aliphatic rings. The summed E-state index contributed by atoms with van der Waals surface area (Å²) in [6.45, 7) is 1.77. The topological polar surface area (TPSA) is 129 Å². The van der Waals surface area contributed by atoms with Crippen LogP contribution in [0.2, 0.25) is 0 Å². The van der Waals surface area contributed by atoms with Crippen LogP contribution in [0.15, 0.2) is 46.5 Å². The first-order valence-corrected chi connectivity index (χ1v) is 11.8. The van der Waals surface area contributed by atoms with Gasteiger partial charge in [0.2, 0.25) is 11.9 Å². The lowest BCUT2D eigenvalue weighted by atomic mass is 10.2. The normalized spacial score (nSPS) is 15.8. The molecule has 11 nitrogen and oxygen atoms in total. The van der Waals surface area contributed by atoms with Gasteiger partial charge in [0.05, 0.1) is 24.0 Å². The van der Waals surface area contributed by atoms with Gasteiger partial charge in [-0.05, 0) is 13.0 Å². The van der Waals surface area contributed by atoms with Crippen molar-refractivity contribution in [2.24, 2.45) is 0 Å². The standard InChI is InChI=1S/C23H22F6N8O3/c1-13(33-16-9-32-34-19(39)18(16)23(27,28)29)10-36-4-2-3-14(20(36)40)11-35-5-6-37(17(38)12-35)21-30-7-15(8-31-21)22(24,25)26/h2-4,7-9,13H,5-6,10-12H2,1H3,(H2,33,34,39)/t13-/m0/s1. The van der Waals surface area contributed by atoms with Gasteiger partial charge >= 0.3 is 12.4 Å². The van der Waals surface area contributed by atoms with Crippen LogP contribution in [0.3, 0.4) is 0 Å². The smallest absolute Gasteiger partial charge is 0.379 e. The Balaban J connectivity index is 1.41. The van der Waals surface area contributed by atoms with Gasteiger partial charge in [0.1, 0.15) is 5.56 Å². The highest BCUT2D eigenvalue weighted by atomic mass is 19.4. The summed E-state index contributed by atoms with van der Waals surface area (Å²) in [4.78, 5) is 47.5. The van der Waals surface area contributed by atoms with Crippen LogP contribution >= 0.6 is 0 Å². The summed E-state index contributed by atoms with van der Waals surface area (Å²) >= 11 is 0. The second-order valence-corrected chi connectivity index (χ2v) is 9.05. The third kappa shape index (κ3) is 6.47. The molecule has 1 aliphatic heterocycles. The van der Waals surface area contributed by atoms with Crippen molar-refractivity contribution < 1.29 is 31.1 Å². The zero-order valence-electron chi connectivity index (χ0n) is 20.8. The quantitative estimate of drug-likeness (QED) is 0.412. The number of halogens is 6. The Morgan fingerprint density at radius 1 is 1.02 bits per heavy atom. The minimum absolute atomic E-state index is 0.0469.